The molecule has 0 bridgehead atoms. The number of amides is 1. The lowest BCUT2D eigenvalue weighted by atomic mass is 10.1. The van der Waals surface area contributed by atoms with Crippen LogP contribution >= 0.6 is 11.8 Å². The number of aliphatic imine (C=N–C) groups is 1. The topological polar surface area (TPSA) is 70.0 Å². The van der Waals surface area contributed by atoms with Crippen molar-refractivity contribution >= 4 is 44.0 Å². The smallest absolute Gasteiger partial charge is 0.252 e. The molecule has 0 unspecified atom stereocenters. The van der Waals surface area contributed by atoms with Crippen molar-refractivity contribution in [1.82, 2.24) is 0 Å². The predicted molar refractivity (Wildman–Crippen MR) is 129 cm³/mol. The van der Waals surface area contributed by atoms with Gasteiger partial charge < -0.3 is 9.80 Å². The van der Waals surface area contributed by atoms with Gasteiger partial charge >= 0.3 is 0 Å². The Morgan fingerprint density at radius 1 is 1.06 bits per heavy atom. The molecule has 8 heteroatoms. The van der Waals surface area contributed by atoms with Gasteiger partial charge in [-0.15, -0.1) is 0 Å². The summed E-state index contributed by atoms with van der Waals surface area (Å²) in [5.41, 5.74) is 2.91. The number of thioether (sulfide) groups is 1. The minimum absolute atomic E-state index is 0.0916. The first-order valence-electron chi connectivity index (χ1n) is 10.6. The van der Waals surface area contributed by atoms with Crippen LogP contribution < -0.4 is 9.80 Å². The van der Waals surface area contributed by atoms with E-state index >= 15 is 0 Å². The number of carbonyl (C=O) groups excluding carboxylic acids is 1. The van der Waals surface area contributed by atoms with E-state index in [0.717, 1.165) is 30.0 Å². The van der Waals surface area contributed by atoms with Crippen molar-refractivity contribution in [2.45, 2.75) is 31.6 Å². The van der Waals surface area contributed by atoms with E-state index in [2.05, 4.69) is 23.7 Å². The highest BCUT2D eigenvalue weighted by Gasteiger charge is 2.49. The Kier molecular flexibility index (Phi) is 6.39. The van der Waals surface area contributed by atoms with E-state index in [4.69, 9.17) is 0 Å². The minimum atomic E-state index is -3.09. The van der Waals surface area contributed by atoms with E-state index in [1.54, 1.807) is 0 Å². The Morgan fingerprint density at radius 3 is 2.39 bits per heavy atom. The molecule has 31 heavy (non-hydrogen) atoms. The second kappa shape index (κ2) is 9.04. The number of carbonyl (C=O) groups is 1. The van der Waals surface area contributed by atoms with E-state index < -0.39 is 9.84 Å². The lowest BCUT2D eigenvalue weighted by molar-refractivity contribution is -0.117. The molecule has 2 aliphatic heterocycles. The van der Waals surface area contributed by atoms with Gasteiger partial charge in [0.05, 0.1) is 24.0 Å². The number of nitrogens with zero attached hydrogens (tertiary/aromatic N) is 3. The van der Waals surface area contributed by atoms with Crippen LogP contribution in [-0.4, -0.2) is 55.4 Å². The van der Waals surface area contributed by atoms with Crippen LogP contribution in [0.3, 0.4) is 0 Å². The number of hydrogen-bond donors (Lipinski definition) is 0. The third kappa shape index (κ3) is 4.80. The SMILES string of the molecule is CCN(CC)c1ccc(N2C(=NC(=O)Cc3ccccc3)S[C@@H]3CS(=O)(=O)C[C@@H]32)cc1. The largest absolute Gasteiger partial charge is 0.372 e. The molecule has 2 aromatic rings. The Morgan fingerprint density at radius 2 is 1.74 bits per heavy atom. The summed E-state index contributed by atoms with van der Waals surface area (Å²) in [6.45, 7) is 6.06. The molecule has 0 aromatic heterocycles. The van der Waals surface area contributed by atoms with Crippen LogP contribution in [0.5, 0.6) is 0 Å². The van der Waals surface area contributed by atoms with E-state index in [-0.39, 0.29) is 35.1 Å². The summed E-state index contributed by atoms with van der Waals surface area (Å²) < 4.78 is 24.5. The molecule has 2 atom stereocenters. The van der Waals surface area contributed by atoms with Crippen molar-refractivity contribution in [1.29, 1.82) is 0 Å². The highest BCUT2D eigenvalue weighted by molar-refractivity contribution is 8.16. The van der Waals surface area contributed by atoms with Crippen LogP contribution in [0.25, 0.3) is 0 Å². The maximum Gasteiger partial charge on any atom is 0.252 e. The summed E-state index contributed by atoms with van der Waals surface area (Å²) in [6.07, 6.45) is 0.229. The molecule has 2 heterocycles. The standard InChI is InChI=1S/C23H27N3O3S2/c1-3-25(4-2)18-10-12-19(13-11-18)26-20-15-31(28,29)16-21(20)30-23(26)24-22(27)14-17-8-6-5-7-9-17/h5-13,20-21H,3-4,14-16H2,1-2H3/t20-,21+/m0/s1. The van der Waals surface area contributed by atoms with Crippen LogP contribution in [-0.2, 0) is 21.1 Å². The molecule has 2 aromatic carbocycles. The number of fused-ring (bicyclic) bond motifs is 1. The predicted octanol–water partition coefficient (Wildman–Crippen LogP) is 3.38. The first-order valence-corrected chi connectivity index (χ1v) is 13.3. The van der Waals surface area contributed by atoms with Crippen molar-refractivity contribution in [2.75, 3.05) is 34.4 Å². The summed E-state index contributed by atoms with van der Waals surface area (Å²) >= 11 is 1.41. The molecule has 2 fully saturated rings. The maximum atomic E-state index is 12.7. The van der Waals surface area contributed by atoms with Gasteiger partial charge in [0.1, 0.15) is 0 Å². The van der Waals surface area contributed by atoms with E-state index in [1.165, 1.54) is 11.8 Å². The van der Waals surface area contributed by atoms with Gasteiger partial charge in [-0.1, -0.05) is 42.1 Å². The summed E-state index contributed by atoms with van der Waals surface area (Å²) in [6, 6.07) is 17.4. The van der Waals surface area contributed by atoms with Crippen molar-refractivity contribution in [3.63, 3.8) is 0 Å². The Labute approximate surface area is 188 Å². The van der Waals surface area contributed by atoms with Crippen molar-refractivity contribution in [3.05, 3.63) is 60.2 Å². The molecule has 2 saturated heterocycles. The fourth-order valence-corrected chi connectivity index (χ4v) is 8.13. The first-order chi connectivity index (χ1) is 14.9. The molecular weight excluding hydrogens is 430 g/mol. The molecule has 0 spiro atoms. The third-order valence-corrected chi connectivity index (χ3v) is 8.95. The van der Waals surface area contributed by atoms with Gasteiger partial charge in [0, 0.05) is 29.7 Å². The van der Waals surface area contributed by atoms with Gasteiger partial charge in [-0.25, -0.2) is 8.42 Å². The lowest BCUT2D eigenvalue weighted by Crippen LogP contribution is -2.37. The summed E-state index contributed by atoms with van der Waals surface area (Å²) in [5.74, 6) is -0.00216. The zero-order chi connectivity index (χ0) is 22.0. The summed E-state index contributed by atoms with van der Waals surface area (Å²) in [5, 5.41) is 0.497. The van der Waals surface area contributed by atoms with E-state index in [1.807, 2.05) is 59.5 Å². The highest BCUT2D eigenvalue weighted by Crippen LogP contribution is 2.41. The first kappa shape index (κ1) is 21.9. The zero-order valence-electron chi connectivity index (χ0n) is 17.8. The minimum Gasteiger partial charge on any atom is -0.372 e. The average molecular weight is 458 g/mol. The Bertz CT molecular complexity index is 1070. The molecule has 0 saturated carbocycles. The van der Waals surface area contributed by atoms with Crippen LogP contribution in [0.2, 0.25) is 0 Å². The summed E-state index contributed by atoms with van der Waals surface area (Å²) in [4.78, 5) is 21.3. The van der Waals surface area contributed by atoms with Gasteiger partial charge in [-0.3, -0.25) is 4.79 Å². The molecule has 0 N–H and O–H groups in total. The quantitative estimate of drug-likeness (QED) is 0.662. The number of sulfone groups is 1. The van der Waals surface area contributed by atoms with Crippen LogP contribution in [0.15, 0.2) is 59.6 Å². The highest BCUT2D eigenvalue weighted by atomic mass is 32.2. The third-order valence-electron chi connectivity index (χ3n) is 5.74. The van der Waals surface area contributed by atoms with E-state index in [0.29, 0.717) is 5.17 Å². The molecule has 0 aliphatic carbocycles. The number of anilines is 2. The summed E-state index contributed by atoms with van der Waals surface area (Å²) in [7, 11) is -3.09. The molecule has 1 amide bonds. The van der Waals surface area contributed by atoms with Crippen molar-refractivity contribution in [2.24, 2.45) is 4.99 Å². The van der Waals surface area contributed by atoms with E-state index in [9.17, 15) is 13.2 Å². The molecule has 0 radical (unpaired) electrons. The molecule has 164 valence electrons. The number of rotatable bonds is 6. The van der Waals surface area contributed by atoms with Gasteiger partial charge in [0.25, 0.3) is 5.91 Å². The molecular formula is C23H27N3O3S2. The Hall–Kier alpha value is -2.32. The van der Waals surface area contributed by atoms with Gasteiger partial charge in [0.15, 0.2) is 15.0 Å². The molecule has 4 rings (SSSR count). The lowest BCUT2D eigenvalue weighted by Gasteiger charge is -2.26. The maximum absolute atomic E-state index is 12.7. The fourth-order valence-electron chi connectivity index (χ4n) is 4.20. The Balaban J connectivity index is 1.63. The van der Waals surface area contributed by atoms with Gasteiger partial charge in [0.2, 0.25) is 0 Å². The van der Waals surface area contributed by atoms with Gasteiger partial charge in [-0.05, 0) is 43.7 Å². The molecule has 6 nitrogen and oxygen atoms in total. The number of amidine groups is 1. The van der Waals surface area contributed by atoms with Crippen molar-refractivity contribution in [3.8, 4) is 0 Å². The number of hydrogen-bond acceptors (Lipinski definition) is 5. The second-order valence-electron chi connectivity index (χ2n) is 7.81. The second-order valence-corrected chi connectivity index (χ2v) is 11.2. The normalized spacial score (nSPS) is 23.2. The molecule has 2 aliphatic rings. The monoisotopic (exact) mass is 457 g/mol. The fraction of sp³-hybridized carbons (Fsp3) is 0.391. The van der Waals surface area contributed by atoms with Crippen LogP contribution in [0.1, 0.15) is 19.4 Å². The van der Waals surface area contributed by atoms with Crippen LogP contribution in [0.4, 0.5) is 11.4 Å². The average Bonchev–Trinajstić information content (AvgIpc) is 3.21. The van der Waals surface area contributed by atoms with Crippen LogP contribution in [0, 0.1) is 0 Å². The van der Waals surface area contributed by atoms with Crippen molar-refractivity contribution < 1.29 is 13.2 Å². The number of benzene rings is 2. The van der Waals surface area contributed by atoms with Gasteiger partial charge in [-0.2, -0.15) is 4.99 Å². The zero-order valence-corrected chi connectivity index (χ0v) is 19.4.